The number of imidazole rings is 1. The molecule has 0 aliphatic heterocycles. The standard InChI is InChI=1S/C14H22N6/c1-12-11-19(8-4-9-20-10-7-15-18-20)14(16-12)17-13-5-2-3-6-13/h7,10-11,13H,2-6,8-9H2,1H3,(H,16,17). The van der Waals surface area contributed by atoms with Crippen LogP contribution in [0.25, 0.3) is 0 Å². The Balaban J connectivity index is 1.57. The second-order valence-corrected chi connectivity index (χ2v) is 5.54. The molecule has 2 aromatic rings. The van der Waals surface area contributed by atoms with Crippen molar-refractivity contribution in [3.8, 4) is 0 Å². The van der Waals surface area contributed by atoms with Gasteiger partial charge in [0.1, 0.15) is 0 Å². The van der Waals surface area contributed by atoms with Gasteiger partial charge in [-0.05, 0) is 26.2 Å². The number of hydrogen-bond donors (Lipinski definition) is 1. The smallest absolute Gasteiger partial charge is 0.203 e. The van der Waals surface area contributed by atoms with Crippen molar-refractivity contribution in [3.63, 3.8) is 0 Å². The third kappa shape index (κ3) is 3.18. The molecule has 108 valence electrons. The molecule has 3 rings (SSSR count). The fraction of sp³-hybridized carbons (Fsp3) is 0.643. The highest BCUT2D eigenvalue weighted by Gasteiger charge is 2.17. The van der Waals surface area contributed by atoms with Crippen LogP contribution in [0, 0.1) is 6.92 Å². The van der Waals surface area contributed by atoms with Gasteiger partial charge < -0.3 is 9.88 Å². The normalized spacial score (nSPS) is 15.8. The van der Waals surface area contributed by atoms with E-state index in [2.05, 4.69) is 31.4 Å². The summed E-state index contributed by atoms with van der Waals surface area (Å²) in [5.74, 6) is 1.02. The van der Waals surface area contributed by atoms with Gasteiger partial charge in [0.15, 0.2) is 0 Å². The third-order valence-electron chi connectivity index (χ3n) is 3.84. The van der Waals surface area contributed by atoms with Crippen LogP contribution in [0.4, 0.5) is 5.95 Å². The molecule has 1 saturated carbocycles. The molecule has 0 aromatic carbocycles. The van der Waals surface area contributed by atoms with Gasteiger partial charge >= 0.3 is 0 Å². The molecule has 1 fully saturated rings. The highest BCUT2D eigenvalue weighted by molar-refractivity contribution is 5.30. The van der Waals surface area contributed by atoms with Crippen molar-refractivity contribution < 1.29 is 0 Å². The van der Waals surface area contributed by atoms with Crippen molar-refractivity contribution in [1.29, 1.82) is 0 Å². The van der Waals surface area contributed by atoms with E-state index in [1.54, 1.807) is 6.20 Å². The molecule has 6 heteroatoms. The summed E-state index contributed by atoms with van der Waals surface area (Å²) >= 11 is 0. The summed E-state index contributed by atoms with van der Waals surface area (Å²) in [6.07, 6.45) is 12.0. The van der Waals surface area contributed by atoms with E-state index in [0.717, 1.165) is 31.2 Å². The van der Waals surface area contributed by atoms with Gasteiger partial charge in [-0.2, -0.15) is 0 Å². The van der Waals surface area contributed by atoms with Crippen LogP contribution in [-0.4, -0.2) is 30.6 Å². The maximum atomic E-state index is 4.61. The fourth-order valence-electron chi connectivity index (χ4n) is 2.84. The summed E-state index contributed by atoms with van der Waals surface area (Å²) in [5, 5.41) is 11.4. The summed E-state index contributed by atoms with van der Waals surface area (Å²) in [7, 11) is 0. The summed E-state index contributed by atoms with van der Waals surface area (Å²) in [6, 6.07) is 0.603. The number of anilines is 1. The first kappa shape index (κ1) is 13.1. The Bertz CT molecular complexity index is 524. The Labute approximate surface area is 119 Å². The zero-order valence-corrected chi connectivity index (χ0v) is 12.0. The summed E-state index contributed by atoms with van der Waals surface area (Å²) < 4.78 is 4.10. The summed E-state index contributed by atoms with van der Waals surface area (Å²) in [6.45, 7) is 3.89. The van der Waals surface area contributed by atoms with Crippen LogP contribution in [0.15, 0.2) is 18.6 Å². The van der Waals surface area contributed by atoms with Crippen LogP contribution in [0.2, 0.25) is 0 Å². The molecule has 0 spiro atoms. The monoisotopic (exact) mass is 274 g/mol. The zero-order valence-electron chi connectivity index (χ0n) is 12.0. The van der Waals surface area contributed by atoms with E-state index >= 15 is 0 Å². The molecule has 1 aliphatic rings. The zero-order chi connectivity index (χ0) is 13.8. The van der Waals surface area contributed by atoms with Crippen LogP contribution in [0.1, 0.15) is 37.8 Å². The maximum Gasteiger partial charge on any atom is 0.203 e. The first-order valence-electron chi connectivity index (χ1n) is 7.46. The van der Waals surface area contributed by atoms with E-state index in [9.17, 15) is 0 Å². The lowest BCUT2D eigenvalue weighted by Gasteiger charge is -2.14. The summed E-state index contributed by atoms with van der Waals surface area (Å²) in [4.78, 5) is 4.61. The van der Waals surface area contributed by atoms with E-state index in [-0.39, 0.29) is 0 Å². The highest BCUT2D eigenvalue weighted by atomic mass is 15.4. The molecule has 1 aliphatic carbocycles. The van der Waals surface area contributed by atoms with Crippen LogP contribution < -0.4 is 5.32 Å². The molecule has 0 radical (unpaired) electrons. The van der Waals surface area contributed by atoms with Crippen LogP contribution in [-0.2, 0) is 13.1 Å². The largest absolute Gasteiger partial charge is 0.353 e. The first-order valence-corrected chi connectivity index (χ1v) is 7.46. The predicted molar refractivity (Wildman–Crippen MR) is 77.5 cm³/mol. The second-order valence-electron chi connectivity index (χ2n) is 5.54. The average Bonchev–Trinajstić information content (AvgIpc) is 3.13. The number of nitrogens with one attached hydrogen (secondary N) is 1. The maximum absolute atomic E-state index is 4.61. The molecular formula is C14H22N6. The molecule has 6 nitrogen and oxygen atoms in total. The minimum absolute atomic E-state index is 0.603. The molecular weight excluding hydrogens is 252 g/mol. The van der Waals surface area contributed by atoms with Gasteiger partial charge in [0, 0.05) is 31.5 Å². The van der Waals surface area contributed by atoms with Gasteiger partial charge in [-0.3, -0.25) is 4.68 Å². The first-order chi connectivity index (χ1) is 9.81. The Kier molecular flexibility index (Phi) is 3.99. The number of hydrogen-bond acceptors (Lipinski definition) is 4. The molecule has 20 heavy (non-hydrogen) atoms. The van der Waals surface area contributed by atoms with Crippen molar-refractivity contribution >= 4 is 5.95 Å². The van der Waals surface area contributed by atoms with Gasteiger partial charge in [-0.15, -0.1) is 5.10 Å². The Hall–Kier alpha value is -1.85. The molecule has 0 amide bonds. The third-order valence-corrected chi connectivity index (χ3v) is 3.84. The molecule has 0 atom stereocenters. The van der Waals surface area contributed by atoms with Crippen molar-refractivity contribution in [1.82, 2.24) is 24.5 Å². The molecule has 2 heterocycles. The van der Waals surface area contributed by atoms with E-state index in [0.29, 0.717) is 6.04 Å². The number of rotatable bonds is 6. The number of nitrogens with zero attached hydrogens (tertiary/aromatic N) is 5. The fourth-order valence-corrected chi connectivity index (χ4v) is 2.84. The molecule has 0 bridgehead atoms. The Morgan fingerprint density at radius 1 is 1.30 bits per heavy atom. The van der Waals surface area contributed by atoms with E-state index in [4.69, 9.17) is 0 Å². The van der Waals surface area contributed by atoms with E-state index < -0.39 is 0 Å². The Morgan fingerprint density at radius 3 is 2.90 bits per heavy atom. The number of aryl methyl sites for hydroxylation is 3. The Morgan fingerprint density at radius 2 is 2.15 bits per heavy atom. The lowest BCUT2D eigenvalue weighted by atomic mass is 10.2. The molecule has 2 aromatic heterocycles. The highest BCUT2D eigenvalue weighted by Crippen LogP contribution is 2.22. The van der Waals surface area contributed by atoms with Crippen LogP contribution in [0.5, 0.6) is 0 Å². The predicted octanol–water partition coefficient (Wildman–Crippen LogP) is 2.23. The second kappa shape index (κ2) is 6.07. The minimum atomic E-state index is 0.603. The van der Waals surface area contributed by atoms with Crippen molar-refractivity contribution in [2.24, 2.45) is 0 Å². The van der Waals surface area contributed by atoms with Crippen molar-refractivity contribution in [2.45, 2.75) is 58.2 Å². The molecule has 0 unspecified atom stereocenters. The minimum Gasteiger partial charge on any atom is -0.353 e. The quantitative estimate of drug-likeness (QED) is 0.877. The topological polar surface area (TPSA) is 60.6 Å². The SMILES string of the molecule is Cc1cn(CCCn2ccnn2)c(NC2CCCC2)n1. The number of aromatic nitrogens is 5. The lowest BCUT2D eigenvalue weighted by Crippen LogP contribution is -2.18. The van der Waals surface area contributed by atoms with Crippen LogP contribution >= 0.6 is 0 Å². The van der Waals surface area contributed by atoms with Crippen LogP contribution in [0.3, 0.4) is 0 Å². The van der Waals surface area contributed by atoms with E-state index in [1.807, 2.05) is 17.8 Å². The van der Waals surface area contributed by atoms with Crippen molar-refractivity contribution in [2.75, 3.05) is 5.32 Å². The van der Waals surface area contributed by atoms with Gasteiger partial charge in [-0.25, -0.2) is 4.98 Å². The summed E-state index contributed by atoms with van der Waals surface area (Å²) in [5.41, 5.74) is 1.08. The van der Waals surface area contributed by atoms with Gasteiger partial charge in [0.05, 0.1) is 11.9 Å². The molecule has 0 saturated heterocycles. The van der Waals surface area contributed by atoms with Gasteiger partial charge in [0.25, 0.3) is 0 Å². The van der Waals surface area contributed by atoms with E-state index in [1.165, 1.54) is 25.7 Å². The van der Waals surface area contributed by atoms with Crippen molar-refractivity contribution in [3.05, 3.63) is 24.3 Å². The van der Waals surface area contributed by atoms with Gasteiger partial charge in [0.2, 0.25) is 5.95 Å². The lowest BCUT2D eigenvalue weighted by molar-refractivity contribution is 0.515. The van der Waals surface area contributed by atoms with Gasteiger partial charge in [-0.1, -0.05) is 18.1 Å². The average molecular weight is 274 g/mol. The molecule has 1 N–H and O–H groups in total.